The largest absolute Gasteiger partial charge is 0.497 e. The monoisotopic (exact) mass is 338 g/mol. The minimum Gasteiger partial charge on any atom is -0.497 e. The average molecular weight is 338 g/mol. The maximum atomic E-state index is 12.7. The van der Waals surface area contributed by atoms with Crippen molar-refractivity contribution in [2.75, 3.05) is 18.6 Å². The fourth-order valence-electron chi connectivity index (χ4n) is 2.81. The number of ketones is 1. The van der Waals surface area contributed by atoms with E-state index >= 15 is 0 Å². The van der Waals surface area contributed by atoms with Gasteiger partial charge in [0.15, 0.2) is 5.78 Å². The molecule has 1 saturated heterocycles. The lowest BCUT2D eigenvalue weighted by Gasteiger charge is -2.19. The minimum atomic E-state index is -0.640. The van der Waals surface area contributed by atoms with Gasteiger partial charge in [0.1, 0.15) is 11.8 Å². The van der Waals surface area contributed by atoms with Gasteiger partial charge < -0.3 is 4.74 Å². The van der Waals surface area contributed by atoms with Gasteiger partial charge in [-0.1, -0.05) is 18.2 Å². The molecule has 1 unspecified atom stereocenters. The number of imide groups is 1. The van der Waals surface area contributed by atoms with Gasteiger partial charge >= 0.3 is 6.03 Å². The summed E-state index contributed by atoms with van der Waals surface area (Å²) in [5, 5.41) is 0. The zero-order valence-corrected chi connectivity index (χ0v) is 14.0. The molecule has 0 spiro atoms. The average Bonchev–Trinajstić information content (AvgIpc) is 2.86. The summed E-state index contributed by atoms with van der Waals surface area (Å²) < 4.78 is 5.06. The van der Waals surface area contributed by atoms with Crippen molar-refractivity contribution in [1.29, 1.82) is 0 Å². The SMILES string of the molecule is COc1ccc(C(=O)CN2C(=O)C(C)N(c3ccccc3)C2=O)cc1. The fraction of sp³-hybridized carbons (Fsp3) is 0.211. The van der Waals surface area contributed by atoms with Gasteiger partial charge in [0, 0.05) is 11.3 Å². The van der Waals surface area contributed by atoms with Crippen molar-refractivity contribution in [2.24, 2.45) is 0 Å². The van der Waals surface area contributed by atoms with Crippen LogP contribution in [-0.4, -0.2) is 42.3 Å². The molecular weight excluding hydrogens is 320 g/mol. The third-order valence-electron chi connectivity index (χ3n) is 4.20. The molecule has 0 N–H and O–H groups in total. The van der Waals surface area contributed by atoms with Gasteiger partial charge in [-0.05, 0) is 43.3 Å². The van der Waals surface area contributed by atoms with Crippen LogP contribution >= 0.6 is 0 Å². The Morgan fingerprint density at radius 2 is 1.68 bits per heavy atom. The maximum Gasteiger partial charge on any atom is 0.332 e. The van der Waals surface area contributed by atoms with Crippen molar-refractivity contribution in [3.05, 3.63) is 60.2 Å². The second-order valence-electron chi connectivity index (χ2n) is 5.74. The van der Waals surface area contributed by atoms with Crippen LogP contribution in [0, 0.1) is 0 Å². The number of urea groups is 1. The smallest absolute Gasteiger partial charge is 0.332 e. The van der Waals surface area contributed by atoms with E-state index in [1.54, 1.807) is 55.5 Å². The van der Waals surface area contributed by atoms with Crippen LogP contribution in [0.15, 0.2) is 54.6 Å². The van der Waals surface area contributed by atoms with Crippen LogP contribution in [0.4, 0.5) is 10.5 Å². The van der Waals surface area contributed by atoms with Crippen LogP contribution in [0.1, 0.15) is 17.3 Å². The predicted molar refractivity (Wildman–Crippen MR) is 92.8 cm³/mol. The highest BCUT2D eigenvalue weighted by atomic mass is 16.5. The normalized spacial score (nSPS) is 17.1. The molecule has 128 valence electrons. The quantitative estimate of drug-likeness (QED) is 0.621. The van der Waals surface area contributed by atoms with E-state index in [9.17, 15) is 14.4 Å². The third kappa shape index (κ3) is 3.10. The van der Waals surface area contributed by atoms with Crippen molar-refractivity contribution in [1.82, 2.24) is 4.90 Å². The van der Waals surface area contributed by atoms with Crippen molar-refractivity contribution >= 4 is 23.4 Å². The Labute approximate surface area is 145 Å². The molecule has 0 saturated carbocycles. The molecule has 2 aromatic carbocycles. The molecule has 1 aliphatic heterocycles. The molecule has 0 radical (unpaired) electrons. The molecule has 3 amide bonds. The van der Waals surface area contributed by atoms with E-state index < -0.39 is 12.1 Å². The van der Waals surface area contributed by atoms with Crippen LogP contribution < -0.4 is 9.64 Å². The first-order chi connectivity index (χ1) is 12.0. The Bertz CT molecular complexity index is 802. The summed E-state index contributed by atoms with van der Waals surface area (Å²) in [7, 11) is 1.54. The summed E-state index contributed by atoms with van der Waals surface area (Å²) in [4.78, 5) is 40.0. The topological polar surface area (TPSA) is 66.9 Å². The van der Waals surface area contributed by atoms with Crippen LogP contribution in [-0.2, 0) is 4.79 Å². The Balaban J connectivity index is 1.79. The van der Waals surface area contributed by atoms with Gasteiger partial charge in [0.25, 0.3) is 5.91 Å². The van der Waals surface area contributed by atoms with Gasteiger partial charge in [0.05, 0.1) is 13.7 Å². The highest BCUT2D eigenvalue weighted by Crippen LogP contribution is 2.25. The highest BCUT2D eigenvalue weighted by molar-refractivity contribution is 6.16. The first kappa shape index (κ1) is 16.7. The molecule has 1 heterocycles. The number of carbonyl (C=O) groups is 3. The van der Waals surface area contributed by atoms with E-state index in [4.69, 9.17) is 4.74 Å². The highest BCUT2D eigenvalue weighted by Gasteiger charge is 2.43. The lowest BCUT2D eigenvalue weighted by Crippen LogP contribution is -2.37. The summed E-state index contributed by atoms with van der Waals surface area (Å²) in [5.41, 5.74) is 1.06. The van der Waals surface area contributed by atoms with E-state index in [1.165, 1.54) is 12.0 Å². The molecule has 0 aromatic heterocycles. The van der Waals surface area contributed by atoms with Crippen LogP contribution in [0.25, 0.3) is 0 Å². The number of nitrogens with zero attached hydrogens (tertiary/aromatic N) is 2. The summed E-state index contributed by atoms with van der Waals surface area (Å²) in [6.07, 6.45) is 0. The summed E-state index contributed by atoms with van der Waals surface area (Å²) in [6.45, 7) is 1.38. The van der Waals surface area contributed by atoms with Crippen LogP contribution in [0.2, 0.25) is 0 Å². The fourth-order valence-corrected chi connectivity index (χ4v) is 2.81. The summed E-state index contributed by atoms with van der Waals surface area (Å²) in [6, 6.07) is 14.4. The Kier molecular flexibility index (Phi) is 4.52. The number of Topliss-reactive ketones (excluding diaryl/α,β-unsaturated/α-hetero) is 1. The molecule has 3 rings (SSSR count). The number of para-hydroxylation sites is 1. The summed E-state index contributed by atoms with van der Waals surface area (Å²) >= 11 is 0. The predicted octanol–water partition coefficient (Wildman–Crippen LogP) is 2.74. The number of hydrogen-bond donors (Lipinski definition) is 0. The van der Waals surface area contributed by atoms with E-state index in [0.717, 1.165) is 4.90 Å². The number of rotatable bonds is 5. The Morgan fingerprint density at radius 3 is 2.28 bits per heavy atom. The second-order valence-corrected chi connectivity index (χ2v) is 5.74. The zero-order chi connectivity index (χ0) is 18.0. The number of hydrogen-bond acceptors (Lipinski definition) is 4. The van der Waals surface area contributed by atoms with E-state index in [-0.39, 0.29) is 18.2 Å². The standard InChI is InChI=1S/C19H18N2O4/c1-13-18(23)20(19(24)21(13)15-6-4-3-5-7-15)12-17(22)14-8-10-16(25-2)11-9-14/h3-11,13H,12H2,1-2H3. The molecule has 6 nitrogen and oxygen atoms in total. The maximum absolute atomic E-state index is 12.7. The van der Waals surface area contributed by atoms with Gasteiger partial charge in [-0.3, -0.25) is 19.4 Å². The zero-order valence-electron chi connectivity index (χ0n) is 14.0. The number of amides is 3. The van der Waals surface area contributed by atoms with Crippen molar-refractivity contribution < 1.29 is 19.1 Å². The Hall–Kier alpha value is -3.15. The van der Waals surface area contributed by atoms with Crippen molar-refractivity contribution in [2.45, 2.75) is 13.0 Å². The summed E-state index contributed by atoms with van der Waals surface area (Å²) in [5.74, 6) is -0.0454. The molecule has 0 aliphatic carbocycles. The first-order valence-corrected chi connectivity index (χ1v) is 7.90. The number of benzene rings is 2. The van der Waals surface area contributed by atoms with Gasteiger partial charge in [-0.25, -0.2) is 4.79 Å². The minimum absolute atomic E-state index is 0.280. The number of carbonyl (C=O) groups excluding carboxylic acids is 3. The number of ether oxygens (including phenoxy) is 1. The Morgan fingerprint density at radius 1 is 1.04 bits per heavy atom. The van der Waals surface area contributed by atoms with E-state index in [1.807, 2.05) is 6.07 Å². The van der Waals surface area contributed by atoms with Crippen LogP contribution in [0.5, 0.6) is 5.75 Å². The van der Waals surface area contributed by atoms with Gasteiger partial charge in [0.2, 0.25) is 0 Å². The van der Waals surface area contributed by atoms with Gasteiger partial charge in [-0.2, -0.15) is 0 Å². The van der Waals surface area contributed by atoms with E-state index in [0.29, 0.717) is 17.0 Å². The molecule has 2 aromatic rings. The molecule has 1 aliphatic rings. The van der Waals surface area contributed by atoms with Gasteiger partial charge in [-0.15, -0.1) is 0 Å². The molecule has 1 fully saturated rings. The lowest BCUT2D eigenvalue weighted by atomic mass is 10.1. The second kappa shape index (κ2) is 6.76. The number of anilines is 1. The van der Waals surface area contributed by atoms with E-state index in [2.05, 4.69) is 0 Å². The molecule has 0 bridgehead atoms. The molecule has 25 heavy (non-hydrogen) atoms. The number of methoxy groups -OCH3 is 1. The first-order valence-electron chi connectivity index (χ1n) is 7.90. The van der Waals surface area contributed by atoms with Crippen LogP contribution in [0.3, 0.4) is 0 Å². The molecule has 6 heteroatoms. The van der Waals surface area contributed by atoms with Crippen molar-refractivity contribution in [3.63, 3.8) is 0 Å². The lowest BCUT2D eigenvalue weighted by molar-refractivity contribution is -0.126. The molecular formula is C19H18N2O4. The molecule has 1 atom stereocenters. The third-order valence-corrected chi connectivity index (χ3v) is 4.20. The van der Waals surface area contributed by atoms with Crippen molar-refractivity contribution in [3.8, 4) is 5.75 Å².